The lowest BCUT2D eigenvalue weighted by Gasteiger charge is -2.32. The van der Waals surface area contributed by atoms with Crippen molar-refractivity contribution in [2.24, 2.45) is 0 Å². The van der Waals surface area contributed by atoms with Crippen LogP contribution in [0.5, 0.6) is 0 Å². The van der Waals surface area contributed by atoms with E-state index in [0.717, 1.165) is 49.9 Å². The maximum atomic E-state index is 13.0. The summed E-state index contributed by atoms with van der Waals surface area (Å²) >= 11 is 0. The summed E-state index contributed by atoms with van der Waals surface area (Å²) in [6.45, 7) is 4.77. The lowest BCUT2D eigenvalue weighted by molar-refractivity contribution is -0.141. The number of pyridine rings is 1. The van der Waals surface area contributed by atoms with Crippen LogP contribution in [-0.2, 0) is 9.53 Å². The van der Waals surface area contributed by atoms with E-state index in [9.17, 15) is 14.4 Å². The molecule has 0 spiro atoms. The van der Waals surface area contributed by atoms with Gasteiger partial charge in [0, 0.05) is 32.4 Å². The van der Waals surface area contributed by atoms with E-state index >= 15 is 0 Å². The lowest BCUT2D eigenvalue weighted by Crippen LogP contribution is -2.45. The molecule has 0 atom stereocenters. The van der Waals surface area contributed by atoms with Crippen molar-refractivity contribution in [3.8, 4) is 0 Å². The Morgan fingerprint density at radius 1 is 1.09 bits per heavy atom. The first-order valence-corrected chi connectivity index (χ1v) is 11.5. The summed E-state index contributed by atoms with van der Waals surface area (Å²) in [7, 11) is 0. The Morgan fingerprint density at radius 3 is 2.56 bits per heavy atom. The number of nitrogens with one attached hydrogen (secondary N) is 1. The van der Waals surface area contributed by atoms with Crippen molar-refractivity contribution < 1.29 is 19.1 Å². The molecule has 0 aliphatic carbocycles. The van der Waals surface area contributed by atoms with E-state index in [4.69, 9.17) is 4.74 Å². The zero-order valence-electron chi connectivity index (χ0n) is 18.6. The lowest BCUT2D eigenvalue weighted by atomic mass is 9.89. The topological polar surface area (TPSA) is 96.2 Å². The van der Waals surface area contributed by atoms with Gasteiger partial charge < -0.3 is 19.9 Å². The SMILES string of the molecule is CCOC(=O)CNC(=O)N1CCC(c2ccn3ncc(C(=O)N4CCCCC4)c3c2)CC1. The van der Waals surface area contributed by atoms with Crippen LogP contribution in [0.4, 0.5) is 4.79 Å². The van der Waals surface area contributed by atoms with Gasteiger partial charge in [0.15, 0.2) is 0 Å². The van der Waals surface area contributed by atoms with Crippen LogP contribution in [0.3, 0.4) is 0 Å². The first-order valence-electron chi connectivity index (χ1n) is 11.5. The van der Waals surface area contributed by atoms with E-state index in [0.29, 0.717) is 31.2 Å². The minimum atomic E-state index is -0.431. The van der Waals surface area contributed by atoms with Crippen LogP contribution in [0.25, 0.3) is 5.52 Å². The zero-order valence-corrected chi connectivity index (χ0v) is 18.6. The summed E-state index contributed by atoms with van der Waals surface area (Å²) in [5.74, 6) is -0.0633. The number of carbonyl (C=O) groups is 3. The molecule has 2 fully saturated rings. The van der Waals surface area contributed by atoms with Gasteiger partial charge in [-0.1, -0.05) is 0 Å². The van der Waals surface area contributed by atoms with Crippen molar-refractivity contribution in [3.05, 3.63) is 35.7 Å². The molecule has 9 nitrogen and oxygen atoms in total. The number of esters is 1. The zero-order chi connectivity index (χ0) is 22.5. The minimum absolute atomic E-state index is 0.0601. The van der Waals surface area contributed by atoms with Crippen molar-refractivity contribution >= 4 is 23.4 Å². The molecule has 0 saturated carbocycles. The van der Waals surface area contributed by atoms with Gasteiger partial charge in [-0.25, -0.2) is 9.31 Å². The standard InChI is InChI=1S/C23H31N5O4/c1-2-32-21(29)16-24-23(31)27-11-6-17(7-12-27)18-8-13-28-20(14-18)19(15-25-28)22(30)26-9-4-3-5-10-26/h8,13-15,17H,2-7,9-12,16H2,1H3,(H,24,31). The van der Waals surface area contributed by atoms with E-state index < -0.39 is 5.97 Å². The predicted octanol–water partition coefficient (Wildman–Crippen LogP) is 2.41. The molecule has 0 bridgehead atoms. The van der Waals surface area contributed by atoms with Crippen LogP contribution < -0.4 is 5.32 Å². The van der Waals surface area contributed by atoms with Crippen molar-refractivity contribution in [1.82, 2.24) is 24.7 Å². The number of urea groups is 1. The molecule has 0 aromatic carbocycles. The normalized spacial score (nSPS) is 17.4. The highest BCUT2D eigenvalue weighted by molar-refractivity contribution is 6.00. The molecule has 2 aliphatic rings. The molecule has 0 unspecified atom stereocenters. The first kappa shape index (κ1) is 22.1. The second-order valence-corrected chi connectivity index (χ2v) is 8.43. The van der Waals surface area contributed by atoms with Crippen molar-refractivity contribution in [3.63, 3.8) is 0 Å². The molecule has 2 aromatic rings. The number of piperidine rings is 2. The third kappa shape index (κ3) is 4.87. The van der Waals surface area contributed by atoms with Crippen molar-refractivity contribution in [2.75, 3.05) is 39.3 Å². The van der Waals surface area contributed by atoms with Gasteiger partial charge in [-0.15, -0.1) is 0 Å². The molecule has 1 N–H and O–H groups in total. The van der Waals surface area contributed by atoms with Gasteiger partial charge in [0.25, 0.3) is 5.91 Å². The molecule has 172 valence electrons. The van der Waals surface area contributed by atoms with Gasteiger partial charge in [0.05, 0.1) is 23.9 Å². The van der Waals surface area contributed by atoms with Gasteiger partial charge >= 0.3 is 12.0 Å². The summed E-state index contributed by atoms with van der Waals surface area (Å²) in [6, 6.07) is 3.89. The molecule has 2 aromatic heterocycles. The van der Waals surface area contributed by atoms with Crippen molar-refractivity contribution in [2.45, 2.75) is 44.9 Å². The molecule has 3 amide bonds. The van der Waals surface area contributed by atoms with Crippen LogP contribution in [0.15, 0.2) is 24.5 Å². The summed E-state index contributed by atoms with van der Waals surface area (Å²) in [5.41, 5.74) is 2.66. The highest BCUT2D eigenvalue weighted by Gasteiger charge is 2.26. The number of amides is 3. The number of hydrogen-bond acceptors (Lipinski definition) is 5. The Kier molecular flexibility index (Phi) is 6.92. The predicted molar refractivity (Wildman–Crippen MR) is 119 cm³/mol. The number of nitrogens with zero attached hydrogens (tertiary/aromatic N) is 4. The molecule has 4 heterocycles. The minimum Gasteiger partial charge on any atom is -0.465 e. The Morgan fingerprint density at radius 2 is 1.84 bits per heavy atom. The number of carbonyl (C=O) groups excluding carboxylic acids is 3. The molecule has 32 heavy (non-hydrogen) atoms. The summed E-state index contributed by atoms with van der Waals surface area (Å²) in [5, 5.41) is 7.00. The van der Waals surface area contributed by atoms with Gasteiger partial charge in [-0.05, 0) is 62.6 Å². The maximum absolute atomic E-state index is 13.0. The number of ether oxygens (including phenoxy) is 1. The number of fused-ring (bicyclic) bond motifs is 1. The highest BCUT2D eigenvalue weighted by Crippen LogP contribution is 2.29. The monoisotopic (exact) mass is 441 g/mol. The fourth-order valence-corrected chi connectivity index (χ4v) is 4.57. The average molecular weight is 442 g/mol. The fourth-order valence-electron chi connectivity index (χ4n) is 4.57. The van der Waals surface area contributed by atoms with E-state index in [1.165, 1.54) is 6.42 Å². The molecule has 9 heteroatoms. The van der Waals surface area contributed by atoms with Crippen LogP contribution in [0, 0.1) is 0 Å². The van der Waals surface area contributed by atoms with Gasteiger partial charge in [-0.2, -0.15) is 5.10 Å². The van der Waals surface area contributed by atoms with E-state index in [1.807, 2.05) is 11.1 Å². The van der Waals surface area contributed by atoms with Gasteiger partial charge in [0.2, 0.25) is 0 Å². The highest BCUT2D eigenvalue weighted by atomic mass is 16.5. The first-order chi connectivity index (χ1) is 15.6. The molecule has 4 rings (SSSR count). The van der Waals surface area contributed by atoms with Crippen LogP contribution >= 0.6 is 0 Å². The van der Waals surface area contributed by atoms with E-state index in [-0.39, 0.29) is 18.5 Å². The van der Waals surface area contributed by atoms with Crippen LogP contribution in [-0.4, -0.2) is 76.7 Å². The Labute approximate surface area is 187 Å². The molecular weight excluding hydrogens is 410 g/mol. The summed E-state index contributed by atoms with van der Waals surface area (Å²) < 4.78 is 6.60. The van der Waals surface area contributed by atoms with E-state index in [1.54, 1.807) is 22.5 Å². The third-order valence-electron chi connectivity index (χ3n) is 6.36. The number of aromatic nitrogens is 2. The number of hydrogen-bond donors (Lipinski definition) is 1. The second-order valence-electron chi connectivity index (χ2n) is 8.43. The third-order valence-corrected chi connectivity index (χ3v) is 6.36. The maximum Gasteiger partial charge on any atom is 0.325 e. The quantitative estimate of drug-likeness (QED) is 0.719. The smallest absolute Gasteiger partial charge is 0.325 e. The number of likely N-dealkylation sites (tertiary alicyclic amines) is 2. The molecule has 2 aliphatic heterocycles. The molecular formula is C23H31N5O4. The Balaban J connectivity index is 1.39. The number of rotatable bonds is 5. The average Bonchev–Trinajstić information content (AvgIpc) is 3.26. The van der Waals surface area contributed by atoms with Crippen molar-refractivity contribution in [1.29, 1.82) is 0 Å². The molecule has 0 radical (unpaired) electrons. The largest absolute Gasteiger partial charge is 0.465 e. The van der Waals surface area contributed by atoms with E-state index in [2.05, 4.69) is 22.5 Å². The van der Waals surface area contributed by atoms with Crippen LogP contribution in [0.1, 0.15) is 60.9 Å². The van der Waals surface area contributed by atoms with Gasteiger partial charge in [0.1, 0.15) is 6.54 Å². The second kappa shape index (κ2) is 10.0. The molecule has 2 saturated heterocycles. The fraction of sp³-hybridized carbons (Fsp3) is 0.565. The van der Waals surface area contributed by atoms with Gasteiger partial charge in [-0.3, -0.25) is 9.59 Å². The summed E-state index contributed by atoms with van der Waals surface area (Å²) in [4.78, 5) is 40.4. The Hall–Kier alpha value is -3.10. The van der Waals surface area contributed by atoms with Crippen LogP contribution in [0.2, 0.25) is 0 Å². The Bertz CT molecular complexity index is 974. The summed E-state index contributed by atoms with van der Waals surface area (Å²) in [6.07, 6.45) is 8.54.